The van der Waals surface area contributed by atoms with E-state index in [-0.39, 0.29) is 0 Å². The Morgan fingerprint density at radius 2 is 2.00 bits per heavy atom. The molecule has 0 atom stereocenters. The van der Waals surface area contributed by atoms with E-state index < -0.39 is 10.0 Å². The quantitative estimate of drug-likeness (QED) is 0.641. The number of hydrogen-bond donors (Lipinski definition) is 1. The second-order valence-electron chi connectivity index (χ2n) is 2.63. The minimum Gasteiger partial charge on any atom is -0.215 e. The lowest BCUT2D eigenvalue weighted by Crippen LogP contribution is -2.24. The Labute approximate surface area is 79.4 Å². The van der Waals surface area contributed by atoms with Crippen LogP contribution in [-0.4, -0.2) is 32.7 Å². The molecular weight excluding hydrogens is 194 g/mol. The van der Waals surface area contributed by atoms with Gasteiger partial charge in [-0.15, -0.1) is 0 Å². The molecule has 0 bridgehead atoms. The van der Waals surface area contributed by atoms with Crippen LogP contribution in [0.15, 0.2) is 0 Å². The Hall–Kier alpha value is 0.260. The molecule has 0 radical (unpaired) electrons. The van der Waals surface area contributed by atoms with E-state index in [0.29, 0.717) is 6.54 Å². The molecule has 0 unspecified atom stereocenters. The SMILES string of the molecule is CCCCSCCNS(C)(=O)=O. The minimum absolute atomic E-state index is 0.549. The molecule has 0 aliphatic rings. The summed E-state index contributed by atoms with van der Waals surface area (Å²) >= 11 is 1.79. The van der Waals surface area contributed by atoms with Crippen molar-refractivity contribution in [2.45, 2.75) is 19.8 Å². The van der Waals surface area contributed by atoms with Crippen LogP contribution >= 0.6 is 11.8 Å². The van der Waals surface area contributed by atoms with Crippen LogP contribution in [0, 0.1) is 0 Å². The van der Waals surface area contributed by atoms with Gasteiger partial charge in [0.05, 0.1) is 6.26 Å². The van der Waals surface area contributed by atoms with E-state index >= 15 is 0 Å². The number of rotatable bonds is 7. The van der Waals surface area contributed by atoms with Crippen molar-refractivity contribution in [1.82, 2.24) is 4.72 Å². The Bertz CT molecular complexity index is 190. The van der Waals surface area contributed by atoms with Crippen molar-refractivity contribution in [3.05, 3.63) is 0 Å². The molecule has 12 heavy (non-hydrogen) atoms. The maximum Gasteiger partial charge on any atom is 0.208 e. The first-order valence-corrected chi connectivity index (χ1v) is 7.13. The van der Waals surface area contributed by atoms with Crippen molar-refractivity contribution in [3.8, 4) is 0 Å². The Morgan fingerprint density at radius 3 is 2.50 bits per heavy atom. The topological polar surface area (TPSA) is 46.2 Å². The third kappa shape index (κ3) is 10.3. The third-order valence-corrected chi connectivity index (χ3v) is 3.05. The van der Waals surface area contributed by atoms with Gasteiger partial charge >= 0.3 is 0 Å². The molecule has 0 aliphatic carbocycles. The van der Waals surface area contributed by atoms with Crippen LogP contribution in [0.2, 0.25) is 0 Å². The minimum atomic E-state index is -2.98. The summed E-state index contributed by atoms with van der Waals surface area (Å²) < 4.78 is 23.6. The van der Waals surface area contributed by atoms with Gasteiger partial charge in [0.1, 0.15) is 0 Å². The smallest absolute Gasteiger partial charge is 0.208 e. The van der Waals surface area contributed by atoms with Crippen LogP contribution in [0.25, 0.3) is 0 Å². The average Bonchev–Trinajstić information content (AvgIpc) is 1.94. The normalized spacial score (nSPS) is 11.8. The molecule has 1 N–H and O–H groups in total. The van der Waals surface area contributed by atoms with Crippen molar-refractivity contribution in [2.75, 3.05) is 24.3 Å². The maximum absolute atomic E-state index is 10.6. The first-order valence-electron chi connectivity index (χ1n) is 4.08. The molecule has 0 heterocycles. The summed E-state index contributed by atoms with van der Waals surface area (Å²) in [7, 11) is -2.98. The zero-order valence-corrected chi connectivity index (χ0v) is 9.30. The lowest BCUT2D eigenvalue weighted by atomic mass is 10.4. The first-order chi connectivity index (χ1) is 5.56. The lowest BCUT2D eigenvalue weighted by Gasteiger charge is -2.01. The summed E-state index contributed by atoms with van der Waals surface area (Å²) in [5.41, 5.74) is 0. The van der Waals surface area contributed by atoms with Crippen LogP contribution in [0.5, 0.6) is 0 Å². The molecule has 0 rings (SSSR count). The molecule has 5 heteroatoms. The molecule has 0 amide bonds. The Kier molecular flexibility index (Phi) is 6.89. The molecule has 3 nitrogen and oxygen atoms in total. The van der Waals surface area contributed by atoms with Gasteiger partial charge in [0, 0.05) is 12.3 Å². The van der Waals surface area contributed by atoms with Crippen molar-refractivity contribution >= 4 is 21.8 Å². The molecule has 0 saturated heterocycles. The number of nitrogens with one attached hydrogen (secondary N) is 1. The van der Waals surface area contributed by atoms with Crippen molar-refractivity contribution in [1.29, 1.82) is 0 Å². The molecular formula is C7H17NO2S2. The highest BCUT2D eigenvalue weighted by atomic mass is 32.2. The molecule has 0 saturated carbocycles. The second-order valence-corrected chi connectivity index (χ2v) is 5.69. The first kappa shape index (κ1) is 12.3. The largest absolute Gasteiger partial charge is 0.215 e. The van der Waals surface area contributed by atoms with Crippen LogP contribution < -0.4 is 4.72 Å². The standard InChI is InChI=1S/C7H17NO2S2/c1-3-4-6-11-7-5-8-12(2,9)10/h8H,3-7H2,1-2H3. The molecule has 0 aromatic rings. The zero-order chi connectivity index (χ0) is 9.45. The van der Waals surface area contributed by atoms with Gasteiger partial charge in [-0.05, 0) is 12.2 Å². The predicted octanol–water partition coefficient (Wildman–Crippen LogP) is 1.07. The van der Waals surface area contributed by atoms with E-state index in [4.69, 9.17) is 0 Å². The second kappa shape index (κ2) is 6.74. The van der Waals surface area contributed by atoms with Gasteiger partial charge in [0.25, 0.3) is 0 Å². The number of unbranched alkanes of at least 4 members (excludes halogenated alkanes) is 1. The third-order valence-electron chi connectivity index (χ3n) is 1.25. The molecule has 0 aliphatic heterocycles. The van der Waals surface area contributed by atoms with Crippen LogP contribution in [0.3, 0.4) is 0 Å². The number of thioether (sulfide) groups is 1. The highest BCUT2D eigenvalue weighted by Crippen LogP contribution is 2.02. The highest BCUT2D eigenvalue weighted by molar-refractivity contribution is 7.99. The fourth-order valence-electron chi connectivity index (χ4n) is 0.648. The molecule has 74 valence electrons. The Balaban J connectivity index is 3.12. The summed E-state index contributed by atoms with van der Waals surface area (Å²) in [6.07, 6.45) is 3.60. The zero-order valence-electron chi connectivity index (χ0n) is 7.67. The van der Waals surface area contributed by atoms with Gasteiger partial charge in [0.2, 0.25) is 10.0 Å². The van der Waals surface area contributed by atoms with Gasteiger partial charge < -0.3 is 0 Å². The average molecular weight is 211 g/mol. The summed E-state index contributed by atoms with van der Waals surface area (Å²) in [4.78, 5) is 0. The lowest BCUT2D eigenvalue weighted by molar-refractivity contribution is 0.590. The van der Waals surface area contributed by atoms with Crippen LogP contribution in [0.1, 0.15) is 19.8 Å². The monoisotopic (exact) mass is 211 g/mol. The molecule has 0 aromatic carbocycles. The number of hydrogen-bond acceptors (Lipinski definition) is 3. The molecule has 0 aromatic heterocycles. The fraction of sp³-hybridized carbons (Fsp3) is 1.00. The highest BCUT2D eigenvalue weighted by Gasteiger charge is 1.97. The van der Waals surface area contributed by atoms with Crippen molar-refractivity contribution in [2.24, 2.45) is 0 Å². The summed E-state index contributed by atoms with van der Waals surface area (Å²) in [5.74, 6) is 2.00. The van der Waals surface area contributed by atoms with Gasteiger partial charge in [-0.3, -0.25) is 0 Å². The van der Waals surface area contributed by atoms with Crippen LogP contribution in [-0.2, 0) is 10.0 Å². The van der Waals surface area contributed by atoms with Gasteiger partial charge in [-0.2, -0.15) is 11.8 Å². The van der Waals surface area contributed by atoms with Crippen molar-refractivity contribution < 1.29 is 8.42 Å². The molecule has 0 spiro atoms. The number of sulfonamides is 1. The van der Waals surface area contributed by atoms with Crippen LogP contribution in [0.4, 0.5) is 0 Å². The van der Waals surface area contributed by atoms with E-state index in [1.807, 2.05) is 0 Å². The van der Waals surface area contributed by atoms with E-state index in [0.717, 1.165) is 11.5 Å². The predicted molar refractivity (Wildman–Crippen MR) is 55.1 cm³/mol. The Morgan fingerprint density at radius 1 is 1.33 bits per heavy atom. The van der Waals surface area contributed by atoms with Crippen molar-refractivity contribution in [3.63, 3.8) is 0 Å². The van der Waals surface area contributed by atoms with E-state index in [2.05, 4.69) is 11.6 Å². The van der Waals surface area contributed by atoms with E-state index in [1.165, 1.54) is 19.1 Å². The van der Waals surface area contributed by atoms with Gasteiger partial charge in [-0.1, -0.05) is 13.3 Å². The summed E-state index contributed by atoms with van der Waals surface area (Å²) in [5, 5.41) is 0. The van der Waals surface area contributed by atoms with Gasteiger partial charge in [-0.25, -0.2) is 13.1 Å². The van der Waals surface area contributed by atoms with E-state index in [9.17, 15) is 8.42 Å². The van der Waals surface area contributed by atoms with E-state index in [1.54, 1.807) is 11.8 Å². The summed E-state index contributed by atoms with van der Waals surface area (Å²) in [6, 6.07) is 0. The fourth-order valence-corrected chi connectivity index (χ4v) is 2.19. The van der Waals surface area contributed by atoms with Gasteiger partial charge in [0.15, 0.2) is 0 Å². The molecule has 0 fully saturated rings. The maximum atomic E-state index is 10.6. The summed E-state index contributed by atoms with van der Waals surface area (Å²) in [6.45, 7) is 2.70.